The largest absolute Gasteiger partial charge is 0.465 e. The van der Waals surface area contributed by atoms with E-state index in [1.165, 1.54) is 7.11 Å². The molecule has 0 saturated heterocycles. The van der Waals surface area contributed by atoms with Crippen LogP contribution in [0.5, 0.6) is 23.0 Å². The van der Waals surface area contributed by atoms with Crippen LogP contribution in [-0.4, -0.2) is 59.2 Å². The molecule has 2 aromatic heterocycles. The predicted molar refractivity (Wildman–Crippen MR) is 148 cm³/mol. The Morgan fingerprint density at radius 3 is 2.52 bits per heavy atom. The Morgan fingerprint density at radius 2 is 1.74 bits per heavy atom. The summed E-state index contributed by atoms with van der Waals surface area (Å²) in [5.41, 5.74) is 3.62. The van der Waals surface area contributed by atoms with Crippen molar-refractivity contribution in [2.75, 3.05) is 32.7 Å². The van der Waals surface area contributed by atoms with E-state index in [-0.39, 0.29) is 20.3 Å². The number of anilines is 1. The molecule has 0 amide bonds. The normalized spacial score (nSPS) is 11.9. The Hall–Kier alpha value is -5.56. The molecule has 0 aliphatic carbocycles. The van der Waals surface area contributed by atoms with Crippen LogP contribution in [0.25, 0.3) is 17.0 Å². The number of carbonyl (C=O) groups excluding carboxylic acids is 2. The highest BCUT2D eigenvalue weighted by molar-refractivity contribution is 5.90. The molecule has 0 atom stereocenters. The second kappa shape index (κ2) is 11.5. The van der Waals surface area contributed by atoms with Crippen molar-refractivity contribution in [2.24, 2.45) is 0 Å². The van der Waals surface area contributed by atoms with E-state index >= 15 is 0 Å². The van der Waals surface area contributed by atoms with Gasteiger partial charge in [0.05, 0.1) is 23.9 Å². The highest BCUT2D eigenvalue weighted by Crippen LogP contribution is 2.33. The number of aromatic nitrogens is 4. The van der Waals surface area contributed by atoms with E-state index in [2.05, 4.69) is 20.5 Å². The molecule has 13 heteroatoms. The molecule has 5 aromatic rings. The maximum absolute atomic E-state index is 12.2. The quantitative estimate of drug-likeness (QED) is 0.138. The molecule has 1 aliphatic rings. The summed E-state index contributed by atoms with van der Waals surface area (Å²) in [5, 5.41) is 10.8. The van der Waals surface area contributed by atoms with E-state index < -0.39 is 11.9 Å². The van der Waals surface area contributed by atoms with Crippen molar-refractivity contribution in [1.82, 2.24) is 19.8 Å². The molecule has 0 unspecified atom stereocenters. The smallest absolute Gasteiger partial charge is 0.340 e. The fourth-order valence-electron chi connectivity index (χ4n) is 4.17. The molecular weight excluding hydrogens is 546 g/mol. The zero-order chi connectivity index (χ0) is 29.1. The first-order valence-corrected chi connectivity index (χ1v) is 12.8. The van der Waals surface area contributed by atoms with Crippen LogP contribution in [0.3, 0.4) is 0 Å². The van der Waals surface area contributed by atoms with Gasteiger partial charge < -0.3 is 33.7 Å². The van der Waals surface area contributed by atoms with E-state index in [0.29, 0.717) is 45.6 Å². The van der Waals surface area contributed by atoms with Crippen molar-refractivity contribution in [2.45, 2.75) is 6.92 Å². The summed E-state index contributed by atoms with van der Waals surface area (Å²) in [7, 11) is 1.33. The molecular formula is C29H25N5O8. The summed E-state index contributed by atoms with van der Waals surface area (Å²) in [6.45, 7) is 1.89. The Labute approximate surface area is 238 Å². The second-order valence-electron chi connectivity index (χ2n) is 9.08. The van der Waals surface area contributed by atoms with Gasteiger partial charge in [0.2, 0.25) is 12.4 Å². The van der Waals surface area contributed by atoms with Gasteiger partial charge in [-0.2, -0.15) is 0 Å². The molecule has 0 spiro atoms. The number of ether oxygens (including phenoxy) is 6. The van der Waals surface area contributed by atoms with Gasteiger partial charge >= 0.3 is 11.9 Å². The lowest BCUT2D eigenvalue weighted by atomic mass is 10.2. The van der Waals surface area contributed by atoms with Gasteiger partial charge in [-0.1, -0.05) is 0 Å². The van der Waals surface area contributed by atoms with Crippen LogP contribution in [0.15, 0.2) is 66.7 Å². The predicted octanol–water partition coefficient (Wildman–Crippen LogP) is 4.54. The number of carbonyl (C=O) groups is 2. The van der Waals surface area contributed by atoms with Gasteiger partial charge in [-0.25, -0.2) is 14.6 Å². The number of hydrogen-bond donors (Lipinski definition) is 2. The number of nitrogens with zero attached hydrogens (tertiary/aromatic N) is 3. The third-order valence-corrected chi connectivity index (χ3v) is 6.32. The lowest BCUT2D eigenvalue weighted by Crippen LogP contribution is -2.13. The average molecular weight is 572 g/mol. The molecule has 6 rings (SSSR count). The van der Waals surface area contributed by atoms with Crippen LogP contribution < -0.4 is 19.5 Å². The van der Waals surface area contributed by atoms with Gasteiger partial charge in [-0.05, 0) is 73.7 Å². The van der Waals surface area contributed by atoms with Crippen LogP contribution in [-0.2, 0) is 14.2 Å². The minimum Gasteiger partial charge on any atom is -0.465 e. The molecule has 2 N–H and O–H groups in total. The Morgan fingerprint density at radius 1 is 0.976 bits per heavy atom. The summed E-state index contributed by atoms with van der Waals surface area (Å²) in [5.74, 6) is 1.72. The molecule has 3 aromatic carbocycles. The third kappa shape index (κ3) is 5.53. The third-order valence-electron chi connectivity index (χ3n) is 6.32. The Kier molecular flexibility index (Phi) is 7.30. The van der Waals surface area contributed by atoms with Gasteiger partial charge in [0.1, 0.15) is 12.5 Å². The molecule has 0 bridgehead atoms. The van der Waals surface area contributed by atoms with Crippen molar-refractivity contribution >= 4 is 23.3 Å². The minimum absolute atomic E-state index is 0.125. The van der Waals surface area contributed by atoms with Crippen LogP contribution in [0, 0.1) is 6.92 Å². The molecule has 214 valence electrons. The summed E-state index contributed by atoms with van der Waals surface area (Å²) in [6.07, 6.45) is 0. The van der Waals surface area contributed by atoms with E-state index in [1.807, 2.05) is 31.2 Å². The van der Waals surface area contributed by atoms with Gasteiger partial charge in [0.15, 0.2) is 29.9 Å². The lowest BCUT2D eigenvalue weighted by Gasteiger charge is -2.09. The number of H-pyrrole nitrogens is 1. The highest BCUT2D eigenvalue weighted by Gasteiger charge is 2.18. The number of aryl methyl sites for hydroxylation is 1. The number of methoxy groups -OCH3 is 1. The average Bonchev–Trinajstić information content (AvgIpc) is 3.73. The fraction of sp³-hybridized carbons (Fsp3) is 0.172. The summed E-state index contributed by atoms with van der Waals surface area (Å²) in [6, 6.07) is 18.9. The number of aromatic amines is 1. The second-order valence-corrected chi connectivity index (χ2v) is 9.08. The molecule has 13 nitrogen and oxygen atoms in total. The molecule has 42 heavy (non-hydrogen) atoms. The van der Waals surface area contributed by atoms with Gasteiger partial charge in [0, 0.05) is 11.3 Å². The van der Waals surface area contributed by atoms with E-state index in [4.69, 9.17) is 28.4 Å². The number of rotatable bonds is 10. The van der Waals surface area contributed by atoms with Crippen molar-refractivity contribution in [3.05, 3.63) is 83.6 Å². The molecule has 0 fully saturated rings. The molecule has 3 heterocycles. The van der Waals surface area contributed by atoms with Crippen LogP contribution in [0.4, 0.5) is 5.69 Å². The monoisotopic (exact) mass is 571 g/mol. The summed E-state index contributed by atoms with van der Waals surface area (Å²) >= 11 is 0. The SMILES string of the molecule is COC(=O)c1ccc(Oc2c(C)[nH]n3nc(-c4ccc(NCOCOC(=O)c5ccc6c(c5)OCO6)cc4)nc23)cc1. The van der Waals surface area contributed by atoms with E-state index in [9.17, 15) is 9.59 Å². The van der Waals surface area contributed by atoms with Crippen molar-refractivity contribution in [1.29, 1.82) is 0 Å². The minimum atomic E-state index is -0.526. The number of hydrogen-bond acceptors (Lipinski definition) is 11. The first-order chi connectivity index (χ1) is 20.5. The van der Waals surface area contributed by atoms with Crippen molar-refractivity contribution < 1.29 is 38.0 Å². The standard InChI is InChI=1S/C29H25N5O8/c1-17-25(42-22-10-5-19(6-11-22)28(35)37-2)27-31-26(33-34(27)32-17)18-3-8-21(9-4-18)30-14-38-15-41-29(36)20-7-12-23-24(13-20)40-16-39-23/h3-13,30,32H,14-16H2,1-2H3. The van der Waals surface area contributed by atoms with Crippen LogP contribution in [0.2, 0.25) is 0 Å². The molecule has 0 radical (unpaired) electrons. The fourth-order valence-corrected chi connectivity index (χ4v) is 4.17. The maximum atomic E-state index is 12.2. The first kappa shape index (κ1) is 26.7. The maximum Gasteiger partial charge on any atom is 0.340 e. The van der Waals surface area contributed by atoms with E-state index in [0.717, 1.165) is 16.9 Å². The lowest BCUT2D eigenvalue weighted by molar-refractivity contribution is -0.0259. The molecule has 1 aliphatic heterocycles. The Balaban J connectivity index is 1.02. The number of benzene rings is 3. The Bertz CT molecular complexity index is 1740. The highest BCUT2D eigenvalue weighted by atomic mass is 16.7. The topological polar surface area (TPSA) is 148 Å². The first-order valence-electron chi connectivity index (χ1n) is 12.8. The molecule has 0 saturated carbocycles. The number of fused-ring (bicyclic) bond motifs is 2. The number of nitrogens with one attached hydrogen (secondary N) is 2. The van der Waals surface area contributed by atoms with Crippen LogP contribution >= 0.6 is 0 Å². The van der Waals surface area contributed by atoms with E-state index in [1.54, 1.807) is 47.1 Å². The van der Waals surface area contributed by atoms with Crippen LogP contribution in [0.1, 0.15) is 26.4 Å². The summed E-state index contributed by atoms with van der Waals surface area (Å²) < 4.78 is 33.4. The van der Waals surface area contributed by atoms with Gasteiger partial charge in [-0.15, -0.1) is 9.73 Å². The van der Waals surface area contributed by atoms with Gasteiger partial charge in [0.25, 0.3) is 0 Å². The van der Waals surface area contributed by atoms with Crippen molar-refractivity contribution in [3.63, 3.8) is 0 Å². The van der Waals surface area contributed by atoms with Gasteiger partial charge in [-0.3, -0.25) is 5.10 Å². The van der Waals surface area contributed by atoms with Crippen molar-refractivity contribution in [3.8, 4) is 34.4 Å². The zero-order valence-corrected chi connectivity index (χ0v) is 22.6. The zero-order valence-electron chi connectivity index (χ0n) is 22.6. The number of esters is 2. The summed E-state index contributed by atoms with van der Waals surface area (Å²) in [4.78, 5) is 28.5.